The highest BCUT2D eigenvalue weighted by atomic mass is 32.1. The average molecular weight is 445 g/mol. The Hall–Kier alpha value is -3.78. The molecule has 0 N–H and O–H groups in total. The fraction of sp³-hybridized carbons (Fsp3) is 0.167. The zero-order chi connectivity index (χ0) is 22.2. The Bertz CT molecular complexity index is 1500. The van der Waals surface area contributed by atoms with Gasteiger partial charge in [0.1, 0.15) is 17.1 Å². The monoisotopic (exact) mass is 444 g/mol. The van der Waals surface area contributed by atoms with Crippen molar-refractivity contribution in [2.24, 2.45) is 0 Å². The molecule has 0 amide bonds. The number of para-hydroxylation sites is 1. The van der Waals surface area contributed by atoms with E-state index in [2.05, 4.69) is 41.1 Å². The van der Waals surface area contributed by atoms with E-state index in [-0.39, 0.29) is 12.1 Å². The number of fused-ring (bicyclic) bond motifs is 1. The number of hydrogen-bond donors (Lipinski definition) is 0. The molecular formula is C24H20N4O3S. The maximum absolute atomic E-state index is 13.3. The van der Waals surface area contributed by atoms with Crippen LogP contribution in [0.4, 0.5) is 0 Å². The molecule has 7 nitrogen and oxygen atoms in total. The first kappa shape index (κ1) is 20.1. The molecule has 32 heavy (non-hydrogen) atoms. The van der Waals surface area contributed by atoms with Crippen molar-refractivity contribution in [3.8, 4) is 28.3 Å². The highest BCUT2D eigenvalue weighted by Gasteiger charge is 2.17. The van der Waals surface area contributed by atoms with E-state index in [0.29, 0.717) is 27.7 Å². The lowest BCUT2D eigenvalue weighted by Gasteiger charge is -2.06. The van der Waals surface area contributed by atoms with Crippen LogP contribution in [0.5, 0.6) is 5.75 Å². The van der Waals surface area contributed by atoms with E-state index in [1.165, 1.54) is 33.4 Å². The zero-order valence-corrected chi connectivity index (χ0v) is 18.6. The predicted molar refractivity (Wildman–Crippen MR) is 124 cm³/mol. The Labute approximate surface area is 187 Å². The summed E-state index contributed by atoms with van der Waals surface area (Å²) in [6.45, 7) is 4.27. The topological polar surface area (TPSA) is 83.0 Å². The number of aryl methyl sites for hydroxylation is 2. The maximum atomic E-state index is 13.3. The van der Waals surface area contributed by atoms with Crippen LogP contribution >= 0.6 is 11.3 Å². The number of methoxy groups -OCH3 is 1. The van der Waals surface area contributed by atoms with Gasteiger partial charge in [0.25, 0.3) is 5.56 Å². The van der Waals surface area contributed by atoms with Crippen LogP contribution in [0, 0.1) is 13.8 Å². The lowest BCUT2D eigenvalue weighted by molar-refractivity contribution is 0.369. The molecule has 0 atom stereocenters. The summed E-state index contributed by atoms with van der Waals surface area (Å²) in [7, 11) is 1.59. The summed E-state index contributed by atoms with van der Waals surface area (Å²) in [6.07, 6.45) is 1.53. The number of benzene rings is 2. The van der Waals surface area contributed by atoms with Crippen LogP contribution in [-0.4, -0.2) is 26.8 Å². The first-order chi connectivity index (χ1) is 15.5. The Balaban J connectivity index is 1.52. The molecule has 0 aliphatic heterocycles. The predicted octanol–water partition coefficient (Wildman–Crippen LogP) is 4.85. The van der Waals surface area contributed by atoms with Gasteiger partial charge >= 0.3 is 0 Å². The lowest BCUT2D eigenvalue weighted by Crippen LogP contribution is -2.21. The van der Waals surface area contributed by atoms with E-state index in [9.17, 15) is 4.79 Å². The standard InChI is InChI=1S/C24H20N4O3S/c1-14-8-9-16(10-15(14)2)18-12-32-23-21(18)24(29)28(13-25-23)11-20-26-22(27-31-20)17-6-4-5-7-19(17)30-3/h4-10,12-13H,11H2,1-3H3. The maximum Gasteiger partial charge on any atom is 0.263 e. The first-order valence-electron chi connectivity index (χ1n) is 10.1. The summed E-state index contributed by atoms with van der Waals surface area (Å²) >= 11 is 1.46. The third-order valence-electron chi connectivity index (χ3n) is 5.50. The van der Waals surface area contributed by atoms with Crippen LogP contribution in [0.25, 0.3) is 32.7 Å². The second-order valence-electron chi connectivity index (χ2n) is 7.52. The molecule has 0 aliphatic carbocycles. The molecule has 160 valence electrons. The number of thiophene rings is 1. The summed E-state index contributed by atoms with van der Waals surface area (Å²) in [5, 5.41) is 6.64. The van der Waals surface area contributed by atoms with E-state index in [1.807, 2.05) is 35.7 Å². The minimum absolute atomic E-state index is 0.131. The van der Waals surface area contributed by atoms with Crippen molar-refractivity contribution in [2.45, 2.75) is 20.4 Å². The molecule has 0 bridgehead atoms. The second kappa shape index (κ2) is 8.05. The van der Waals surface area contributed by atoms with Crippen molar-refractivity contribution in [3.05, 3.63) is 81.5 Å². The third kappa shape index (κ3) is 3.48. The van der Waals surface area contributed by atoms with Crippen LogP contribution in [0.3, 0.4) is 0 Å². The molecule has 3 aromatic heterocycles. The SMILES string of the molecule is COc1ccccc1-c1noc(Cn2cnc3scc(-c4ccc(C)c(C)c4)c3c2=O)n1. The van der Waals surface area contributed by atoms with E-state index in [0.717, 1.165) is 16.7 Å². The van der Waals surface area contributed by atoms with Gasteiger partial charge < -0.3 is 9.26 Å². The highest BCUT2D eigenvalue weighted by Crippen LogP contribution is 2.32. The van der Waals surface area contributed by atoms with Gasteiger partial charge in [-0.1, -0.05) is 35.5 Å². The molecule has 0 saturated carbocycles. The molecule has 5 rings (SSSR count). The molecule has 0 saturated heterocycles. The van der Waals surface area contributed by atoms with Crippen LogP contribution in [0.15, 0.2) is 63.5 Å². The number of nitrogens with zero attached hydrogens (tertiary/aromatic N) is 4. The largest absolute Gasteiger partial charge is 0.496 e. The van der Waals surface area contributed by atoms with Crippen molar-refractivity contribution in [3.63, 3.8) is 0 Å². The van der Waals surface area contributed by atoms with Gasteiger partial charge in [-0.25, -0.2) is 4.98 Å². The molecule has 0 radical (unpaired) electrons. The van der Waals surface area contributed by atoms with Gasteiger partial charge in [0.15, 0.2) is 0 Å². The number of aromatic nitrogens is 4. The van der Waals surface area contributed by atoms with Crippen LogP contribution in [0.2, 0.25) is 0 Å². The van der Waals surface area contributed by atoms with E-state index in [4.69, 9.17) is 9.26 Å². The minimum Gasteiger partial charge on any atom is -0.496 e. The Morgan fingerprint density at radius 3 is 2.75 bits per heavy atom. The van der Waals surface area contributed by atoms with Gasteiger partial charge in [0.05, 0.1) is 24.4 Å². The van der Waals surface area contributed by atoms with Crippen molar-refractivity contribution >= 4 is 21.6 Å². The van der Waals surface area contributed by atoms with Crippen molar-refractivity contribution < 1.29 is 9.26 Å². The summed E-state index contributed by atoms with van der Waals surface area (Å²) in [5.74, 6) is 1.37. The van der Waals surface area contributed by atoms with Gasteiger partial charge in [0, 0.05) is 10.9 Å². The normalized spacial score (nSPS) is 11.2. The van der Waals surface area contributed by atoms with Gasteiger partial charge in [-0.05, 0) is 42.7 Å². The van der Waals surface area contributed by atoms with Crippen LogP contribution in [-0.2, 0) is 6.54 Å². The number of hydrogen-bond acceptors (Lipinski definition) is 7. The molecule has 3 heterocycles. The highest BCUT2D eigenvalue weighted by molar-refractivity contribution is 7.17. The van der Waals surface area contributed by atoms with E-state index < -0.39 is 0 Å². The van der Waals surface area contributed by atoms with Crippen LogP contribution in [0.1, 0.15) is 17.0 Å². The van der Waals surface area contributed by atoms with Crippen LogP contribution < -0.4 is 10.3 Å². The molecule has 8 heteroatoms. The van der Waals surface area contributed by atoms with Crippen molar-refractivity contribution in [1.29, 1.82) is 0 Å². The molecule has 2 aromatic carbocycles. The Kier molecular flexibility index (Phi) is 5.07. The summed E-state index contributed by atoms with van der Waals surface area (Å²) in [4.78, 5) is 23.0. The van der Waals surface area contributed by atoms with Gasteiger partial charge in [0.2, 0.25) is 11.7 Å². The second-order valence-corrected chi connectivity index (χ2v) is 8.38. The fourth-order valence-corrected chi connectivity index (χ4v) is 4.51. The Morgan fingerprint density at radius 2 is 1.94 bits per heavy atom. The summed E-state index contributed by atoms with van der Waals surface area (Å²) in [5.41, 5.74) is 4.88. The first-order valence-corrected chi connectivity index (χ1v) is 10.9. The quantitative estimate of drug-likeness (QED) is 0.385. The Morgan fingerprint density at radius 1 is 1.09 bits per heavy atom. The lowest BCUT2D eigenvalue weighted by atomic mass is 10.0. The fourth-order valence-electron chi connectivity index (χ4n) is 3.61. The van der Waals surface area contributed by atoms with E-state index >= 15 is 0 Å². The smallest absolute Gasteiger partial charge is 0.263 e. The van der Waals surface area contributed by atoms with Gasteiger partial charge in [-0.15, -0.1) is 11.3 Å². The van der Waals surface area contributed by atoms with E-state index in [1.54, 1.807) is 7.11 Å². The minimum atomic E-state index is -0.137. The molecule has 5 aromatic rings. The molecule has 0 unspecified atom stereocenters. The average Bonchev–Trinajstić information content (AvgIpc) is 3.45. The molecule has 0 spiro atoms. The van der Waals surface area contributed by atoms with Gasteiger partial charge in [-0.2, -0.15) is 4.98 Å². The summed E-state index contributed by atoms with van der Waals surface area (Å²) < 4.78 is 12.3. The molecule has 0 fully saturated rings. The zero-order valence-electron chi connectivity index (χ0n) is 17.8. The number of ether oxygens (including phenoxy) is 1. The van der Waals surface area contributed by atoms with Gasteiger partial charge in [-0.3, -0.25) is 9.36 Å². The van der Waals surface area contributed by atoms with Crippen molar-refractivity contribution in [2.75, 3.05) is 7.11 Å². The summed E-state index contributed by atoms with van der Waals surface area (Å²) in [6, 6.07) is 13.6. The molecular weight excluding hydrogens is 424 g/mol. The third-order valence-corrected chi connectivity index (χ3v) is 6.39. The molecule has 0 aliphatic rings. The number of rotatable bonds is 5. The van der Waals surface area contributed by atoms with Crippen molar-refractivity contribution in [1.82, 2.24) is 19.7 Å².